The fourth-order valence-electron chi connectivity index (χ4n) is 2.45. The van der Waals surface area contributed by atoms with Crippen LogP contribution in [0.15, 0.2) is 6.20 Å². The standard InChI is InChI=1S/C11H16N4O/c1-15-6-11(13-14-15)10-5-8(16)4-9(12-10)7-2-3-7/h6-7,9-10,12H,2-5H2,1H3. The molecule has 16 heavy (non-hydrogen) atoms. The molecule has 86 valence electrons. The summed E-state index contributed by atoms with van der Waals surface area (Å²) in [7, 11) is 1.85. The van der Waals surface area contributed by atoms with Crippen LogP contribution in [0.1, 0.15) is 37.4 Å². The second-order valence-electron chi connectivity index (χ2n) is 4.93. The van der Waals surface area contributed by atoms with Crippen molar-refractivity contribution >= 4 is 5.78 Å². The maximum Gasteiger partial charge on any atom is 0.136 e. The maximum absolute atomic E-state index is 11.7. The normalized spacial score (nSPS) is 30.7. The van der Waals surface area contributed by atoms with Crippen molar-refractivity contribution in [2.24, 2.45) is 13.0 Å². The molecule has 0 amide bonds. The Labute approximate surface area is 94.2 Å². The van der Waals surface area contributed by atoms with Crippen molar-refractivity contribution in [3.05, 3.63) is 11.9 Å². The molecule has 2 fully saturated rings. The van der Waals surface area contributed by atoms with Gasteiger partial charge in [-0.25, -0.2) is 0 Å². The van der Waals surface area contributed by atoms with E-state index in [2.05, 4.69) is 15.6 Å². The van der Waals surface area contributed by atoms with E-state index in [1.54, 1.807) is 4.68 Å². The molecule has 1 aromatic heterocycles. The van der Waals surface area contributed by atoms with E-state index in [9.17, 15) is 4.79 Å². The Bertz CT molecular complexity index is 410. The summed E-state index contributed by atoms with van der Waals surface area (Å²) < 4.78 is 1.68. The maximum atomic E-state index is 11.7. The first-order valence-corrected chi connectivity index (χ1v) is 5.86. The second kappa shape index (κ2) is 3.66. The largest absolute Gasteiger partial charge is 0.305 e. The number of rotatable bonds is 2. The SMILES string of the molecule is Cn1cc(C2CC(=O)CC(C3CC3)N2)nn1. The van der Waals surface area contributed by atoms with Crippen LogP contribution in [0.25, 0.3) is 0 Å². The minimum atomic E-state index is 0.0700. The number of carbonyl (C=O) groups is 1. The van der Waals surface area contributed by atoms with Gasteiger partial charge in [-0.1, -0.05) is 5.21 Å². The Hall–Kier alpha value is -1.23. The average Bonchev–Trinajstić information content (AvgIpc) is 3.01. The van der Waals surface area contributed by atoms with Crippen LogP contribution in [-0.2, 0) is 11.8 Å². The van der Waals surface area contributed by atoms with Crippen molar-refractivity contribution in [1.82, 2.24) is 20.3 Å². The Morgan fingerprint density at radius 1 is 1.44 bits per heavy atom. The van der Waals surface area contributed by atoms with Gasteiger partial charge >= 0.3 is 0 Å². The lowest BCUT2D eigenvalue weighted by molar-refractivity contribution is -0.121. The molecule has 1 aromatic rings. The zero-order chi connectivity index (χ0) is 11.1. The Kier molecular flexibility index (Phi) is 2.28. The van der Waals surface area contributed by atoms with Crippen molar-refractivity contribution < 1.29 is 4.79 Å². The predicted molar refractivity (Wildman–Crippen MR) is 57.6 cm³/mol. The Morgan fingerprint density at radius 3 is 2.88 bits per heavy atom. The fraction of sp³-hybridized carbons (Fsp3) is 0.727. The van der Waals surface area contributed by atoms with Crippen molar-refractivity contribution in [3.63, 3.8) is 0 Å². The molecule has 1 saturated carbocycles. The quantitative estimate of drug-likeness (QED) is 0.792. The molecular formula is C11H16N4O. The molecule has 0 radical (unpaired) electrons. The zero-order valence-corrected chi connectivity index (χ0v) is 9.39. The average molecular weight is 220 g/mol. The van der Waals surface area contributed by atoms with E-state index in [4.69, 9.17) is 0 Å². The number of hydrogen-bond donors (Lipinski definition) is 1. The van der Waals surface area contributed by atoms with E-state index in [0.29, 0.717) is 30.6 Å². The van der Waals surface area contributed by atoms with Crippen molar-refractivity contribution in [2.75, 3.05) is 0 Å². The topological polar surface area (TPSA) is 59.8 Å². The number of carbonyl (C=O) groups excluding carboxylic acids is 1. The van der Waals surface area contributed by atoms with Gasteiger partial charge in [0.1, 0.15) is 11.5 Å². The van der Waals surface area contributed by atoms with Gasteiger partial charge in [0, 0.05) is 32.1 Å². The molecule has 5 heteroatoms. The van der Waals surface area contributed by atoms with Crippen LogP contribution in [0, 0.1) is 5.92 Å². The van der Waals surface area contributed by atoms with Crippen LogP contribution in [0.3, 0.4) is 0 Å². The van der Waals surface area contributed by atoms with Crippen LogP contribution >= 0.6 is 0 Å². The number of aryl methyl sites for hydroxylation is 1. The molecule has 2 atom stereocenters. The second-order valence-corrected chi connectivity index (χ2v) is 4.93. The van der Waals surface area contributed by atoms with Crippen LogP contribution in [0.4, 0.5) is 0 Å². The molecule has 1 N–H and O–H groups in total. The van der Waals surface area contributed by atoms with Gasteiger partial charge in [-0.3, -0.25) is 9.48 Å². The summed E-state index contributed by atoms with van der Waals surface area (Å²) in [5, 5.41) is 11.5. The fourth-order valence-corrected chi connectivity index (χ4v) is 2.45. The van der Waals surface area contributed by atoms with Crippen LogP contribution < -0.4 is 5.32 Å². The summed E-state index contributed by atoms with van der Waals surface area (Å²) in [5.41, 5.74) is 0.890. The highest BCUT2D eigenvalue weighted by Crippen LogP contribution is 2.37. The number of piperidine rings is 1. The number of hydrogen-bond acceptors (Lipinski definition) is 4. The number of aromatic nitrogens is 3. The molecule has 0 spiro atoms. The smallest absolute Gasteiger partial charge is 0.136 e. The van der Waals surface area contributed by atoms with Gasteiger partial charge in [0.15, 0.2) is 0 Å². The van der Waals surface area contributed by atoms with E-state index in [0.717, 1.165) is 5.69 Å². The van der Waals surface area contributed by atoms with Gasteiger partial charge in [0.2, 0.25) is 0 Å². The van der Waals surface area contributed by atoms with Gasteiger partial charge in [-0.2, -0.15) is 0 Å². The number of ketones is 1. The highest BCUT2D eigenvalue weighted by molar-refractivity contribution is 5.80. The highest BCUT2D eigenvalue weighted by atomic mass is 16.1. The third-order valence-corrected chi connectivity index (χ3v) is 3.46. The lowest BCUT2D eigenvalue weighted by Gasteiger charge is -2.29. The molecule has 3 rings (SSSR count). The minimum absolute atomic E-state index is 0.0700. The third kappa shape index (κ3) is 1.87. The van der Waals surface area contributed by atoms with Gasteiger partial charge in [-0.05, 0) is 18.8 Å². The monoisotopic (exact) mass is 220 g/mol. The summed E-state index contributed by atoms with van der Waals surface area (Å²) >= 11 is 0. The first-order valence-electron chi connectivity index (χ1n) is 5.86. The zero-order valence-electron chi connectivity index (χ0n) is 9.39. The molecule has 5 nitrogen and oxygen atoms in total. The Morgan fingerprint density at radius 2 is 2.25 bits per heavy atom. The van der Waals surface area contributed by atoms with Crippen molar-refractivity contribution in [3.8, 4) is 0 Å². The van der Waals surface area contributed by atoms with E-state index >= 15 is 0 Å². The summed E-state index contributed by atoms with van der Waals surface area (Å²) in [6, 6.07) is 0.439. The molecule has 2 aliphatic rings. The lowest BCUT2D eigenvalue weighted by Crippen LogP contribution is -2.42. The molecule has 1 aliphatic heterocycles. The Balaban J connectivity index is 1.76. The van der Waals surface area contributed by atoms with Crippen molar-refractivity contribution in [1.29, 1.82) is 0 Å². The van der Waals surface area contributed by atoms with E-state index in [-0.39, 0.29) is 6.04 Å². The van der Waals surface area contributed by atoms with E-state index in [1.165, 1.54) is 12.8 Å². The predicted octanol–water partition coefficient (Wildman–Crippen LogP) is 0.587. The number of nitrogens with one attached hydrogen (secondary N) is 1. The molecule has 1 aliphatic carbocycles. The molecule has 2 unspecified atom stereocenters. The summed E-state index contributed by atoms with van der Waals surface area (Å²) in [4.78, 5) is 11.7. The number of Topliss-reactive ketones (excluding diaryl/α,β-unsaturated/α-hetero) is 1. The molecule has 0 aromatic carbocycles. The van der Waals surface area contributed by atoms with Crippen molar-refractivity contribution in [2.45, 2.75) is 37.8 Å². The summed E-state index contributed by atoms with van der Waals surface area (Å²) in [6.07, 6.45) is 5.67. The first kappa shape index (κ1) is 9.96. The van der Waals surface area contributed by atoms with Gasteiger partial charge in [0.25, 0.3) is 0 Å². The van der Waals surface area contributed by atoms with Crippen LogP contribution in [0.5, 0.6) is 0 Å². The molecular weight excluding hydrogens is 204 g/mol. The lowest BCUT2D eigenvalue weighted by atomic mass is 9.93. The molecule has 1 saturated heterocycles. The number of nitrogens with zero attached hydrogens (tertiary/aromatic N) is 3. The molecule has 0 bridgehead atoms. The van der Waals surface area contributed by atoms with E-state index < -0.39 is 0 Å². The van der Waals surface area contributed by atoms with Gasteiger partial charge in [0.05, 0.1) is 6.04 Å². The minimum Gasteiger partial charge on any atom is -0.305 e. The van der Waals surface area contributed by atoms with Crippen LogP contribution in [0.2, 0.25) is 0 Å². The third-order valence-electron chi connectivity index (χ3n) is 3.46. The highest BCUT2D eigenvalue weighted by Gasteiger charge is 2.38. The van der Waals surface area contributed by atoms with Crippen LogP contribution in [-0.4, -0.2) is 26.8 Å². The van der Waals surface area contributed by atoms with Gasteiger partial charge < -0.3 is 5.32 Å². The molecule has 2 heterocycles. The van der Waals surface area contributed by atoms with E-state index in [1.807, 2.05) is 13.2 Å². The summed E-state index contributed by atoms with van der Waals surface area (Å²) in [6.45, 7) is 0. The summed E-state index contributed by atoms with van der Waals surface area (Å²) in [5.74, 6) is 1.06. The first-order chi connectivity index (χ1) is 7.72. The van der Waals surface area contributed by atoms with Gasteiger partial charge in [-0.15, -0.1) is 5.10 Å².